The third-order valence-corrected chi connectivity index (χ3v) is 6.58. The molecule has 0 unspecified atom stereocenters. The summed E-state index contributed by atoms with van der Waals surface area (Å²) in [6, 6.07) is 9.54. The summed E-state index contributed by atoms with van der Waals surface area (Å²) in [5.74, 6) is 1.08. The van der Waals surface area contributed by atoms with Crippen molar-refractivity contribution in [2.75, 3.05) is 13.7 Å². The van der Waals surface area contributed by atoms with Crippen molar-refractivity contribution in [3.63, 3.8) is 0 Å². The second-order valence-corrected chi connectivity index (χ2v) is 8.65. The zero-order valence-electron chi connectivity index (χ0n) is 16.5. The molecule has 0 aliphatic heterocycles. The summed E-state index contributed by atoms with van der Waals surface area (Å²) in [7, 11) is 1.58. The maximum atomic E-state index is 13.0. The number of hydrogen-bond donors (Lipinski definition) is 2. The largest absolute Gasteiger partial charge is 0.489 e. The molecule has 2 aromatic heterocycles. The number of pyridine rings is 1. The highest BCUT2D eigenvalue weighted by Gasteiger charge is 2.38. The SMILES string of the molecule is COc1ncccc1COc1ccc2sc(C)c(C(=O)NC3(CO)CCC3)c2c1. The van der Waals surface area contributed by atoms with Gasteiger partial charge in [-0.15, -0.1) is 11.3 Å². The normalized spacial score (nSPS) is 15.0. The molecule has 0 spiro atoms. The lowest BCUT2D eigenvalue weighted by Crippen LogP contribution is -2.56. The quantitative estimate of drug-likeness (QED) is 0.616. The summed E-state index contributed by atoms with van der Waals surface area (Å²) in [4.78, 5) is 18.1. The summed E-state index contributed by atoms with van der Waals surface area (Å²) >= 11 is 1.59. The Morgan fingerprint density at radius 2 is 2.17 bits per heavy atom. The number of thiophene rings is 1. The predicted molar refractivity (Wildman–Crippen MR) is 113 cm³/mol. The van der Waals surface area contributed by atoms with E-state index in [9.17, 15) is 9.90 Å². The van der Waals surface area contributed by atoms with Crippen molar-refractivity contribution < 1.29 is 19.4 Å². The number of nitrogens with zero attached hydrogens (tertiary/aromatic N) is 1. The van der Waals surface area contributed by atoms with Crippen LogP contribution in [0, 0.1) is 6.92 Å². The van der Waals surface area contributed by atoms with Gasteiger partial charge in [-0.05, 0) is 56.5 Å². The number of amides is 1. The van der Waals surface area contributed by atoms with Crippen LogP contribution < -0.4 is 14.8 Å². The molecule has 0 atom stereocenters. The Kier molecular flexibility index (Phi) is 5.43. The lowest BCUT2D eigenvalue weighted by molar-refractivity contribution is 0.0643. The highest BCUT2D eigenvalue weighted by Crippen LogP contribution is 2.36. The minimum atomic E-state index is -0.469. The van der Waals surface area contributed by atoms with Gasteiger partial charge in [0.1, 0.15) is 12.4 Å². The molecule has 2 heterocycles. The highest BCUT2D eigenvalue weighted by molar-refractivity contribution is 7.19. The van der Waals surface area contributed by atoms with Crippen LogP contribution in [0.4, 0.5) is 0 Å². The Morgan fingerprint density at radius 1 is 1.34 bits per heavy atom. The number of methoxy groups -OCH3 is 1. The van der Waals surface area contributed by atoms with E-state index in [0.29, 0.717) is 23.8 Å². The topological polar surface area (TPSA) is 80.7 Å². The van der Waals surface area contributed by atoms with E-state index in [2.05, 4.69) is 10.3 Å². The second-order valence-electron chi connectivity index (χ2n) is 7.40. The van der Waals surface area contributed by atoms with Crippen LogP contribution in [0.25, 0.3) is 10.1 Å². The Hall–Kier alpha value is -2.64. The van der Waals surface area contributed by atoms with Crippen LogP contribution in [-0.4, -0.2) is 35.3 Å². The lowest BCUT2D eigenvalue weighted by atomic mass is 9.77. The summed E-state index contributed by atoms with van der Waals surface area (Å²) in [6.45, 7) is 2.25. The molecule has 0 bridgehead atoms. The number of carbonyl (C=O) groups is 1. The van der Waals surface area contributed by atoms with Crippen molar-refractivity contribution in [1.82, 2.24) is 10.3 Å². The number of aromatic nitrogens is 1. The number of nitrogens with one attached hydrogen (secondary N) is 1. The minimum absolute atomic E-state index is 0.0266. The molecule has 3 aromatic rings. The number of rotatable bonds is 7. The van der Waals surface area contributed by atoms with Gasteiger partial charge in [0.15, 0.2) is 0 Å². The van der Waals surface area contributed by atoms with Crippen molar-refractivity contribution in [1.29, 1.82) is 0 Å². The monoisotopic (exact) mass is 412 g/mol. The molecule has 1 aromatic carbocycles. The summed E-state index contributed by atoms with van der Waals surface area (Å²) in [5.41, 5.74) is 1.04. The van der Waals surface area contributed by atoms with Gasteiger partial charge >= 0.3 is 0 Å². The zero-order valence-corrected chi connectivity index (χ0v) is 17.3. The van der Waals surface area contributed by atoms with E-state index in [1.54, 1.807) is 24.6 Å². The van der Waals surface area contributed by atoms with Gasteiger partial charge in [-0.1, -0.05) is 0 Å². The fourth-order valence-corrected chi connectivity index (χ4v) is 4.72. The smallest absolute Gasteiger partial charge is 0.253 e. The number of hydrogen-bond acceptors (Lipinski definition) is 6. The molecule has 4 rings (SSSR count). The van der Waals surface area contributed by atoms with Crippen molar-refractivity contribution >= 4 is 27.3 Å². The molecular weight excluding hydrogens is 388 g/mol. The first-order valence-electron chi connectivity index (χ1n) is 9.62. The molecule has 29 heavy (non-hydrogen) atoms. The first-order chi connectivity index (χ1) is 14.0. The highest BCUT2D eigenvalue weighted by atomic mass is 32.1. The molecule has 6 nitrogen and oxygen atoms in total. The number of benzene rings is 1. The van der Waals surface area contributed by atoms with E-state index in [-0.39, 0.29) is 12.5 Å². The van der Waals surface area contributed by atoms with Crippen LogP contribution in [0.1, 0.15) is 40.1 Å². The number of carbonyl (C=O) groups excluding carboxylic acids is 1. The molecule has 2 N–H and O–H groups in total. The summed E-state index contributed by atoms with van der Waals surface area (Å²) in [5, 5.41) is 13.6. The van der Waals surface area contributed by atoms with Crippen molar-refractivity contribution in [3.05, 3.63) is 52.5 Å². The fraction of sp³-hybridized carbons (Fsp3) is 0.364. The van der Waals surface area contributed by atoms with E-state index in [1.807, 2.05) is 37.3 Å². The zero-order chi connectivity index (χ0) is 20.4. The number of aryl methyl sites for hydroxylation is 1. The van der Waals surface area contributed by atoms with Gasteiger partial charge in [0.25, 0.3) is 5.91 Å². The van der Waals surface area contributed by atoms with Crippen molar-refractivity contribution in [2.45, 2.75) is 38.3 Å². The average Bonchev–Trinajstić information content (AvgIpc) is 3.04. The van der Waals surface area contributed by atoms with E-state index < -0.39 is 5.54 Å². The van der Waals surface area contributed by atoms with E-state index >= 15 is 0 Å². The van der Waals surface area contributed by atoms with Crippen LogP contribution in [-0.2, 0) is 6.61 Å². The summed E-state index contributed by atoms with van der Waals surface area (Å²) < 4.78 is 12.3. The van der Waals surface area contributed by atoms with Crippen LogP contribution in [0.15, 0.2) is 36.5 Å². The molecule has 152 valence electrons. The van der Waals surface area contributed by atoms with Gasteiger partial charge in [-0.2, -0.15) is 0 Å². The maximum absolute atomic E-state index is 13.0. The fourth-order valence-electron chi connectivity index (χ4n) is 3.68. The van der Waals surface area contributed by atoms with Crippen LogP contribution in [0.2, 0.25) is 0 Å². The minimum Gasteiger partial charge on any atom is -0.489 e. The van der Waals surface area contributed by atoms with E-state index in [4.69, 9.17) is 9.47 Å². The van der Waals surface area contributed by atoms with Gasteiger partial charge in [-0.3, -0.25) is 4.79 Å². The number of fused-ring (bicyclic) bond motifs is 1. The average molecular weight is 413 g/mol. The molecule has 1 aliphatic rings. The third kappa shape index (κ3) is 3.80. The molecular formula is C22H24N2O4S. The molecule has 0 radical (unpaired) electrons. The predicted octanol–water partition coefficient (Wildman–Crippen LogP) is 3.84. The third-order valence-electron chi connectivity index (χ3n) is 5.49. The first kappa shape index (κ1) is 19.7. The summed E-state index contributed by atoms with van der Waals surface area (Å²) in [6.07, 6.45) is 4.34. The number of aliphatic hydroxyl groups excluding tert-OH is 1. The number of ether oxygens (including phenoxy) is 2. The molecule has 1 fully saturated rings. The van der Waals surface area contributed by atoms with Gasteiger partial charge in [0.05, 0.1) is 30.4 Å². The Morgan fingerprint density at radius 3 is 2.86 bits per heavy atom. The maximum Gasteiger partial charge on any atom is 0.253 e. The molecule has 0 saturated heterocycles. The Bertz CT molecular complexity index is 1040. The van der Waals surface area contributed by atoms with Gasteiger partial charge in [0, 0.05) is 21.2 Å². The second kappa shape index (κ2) is 8.00. The standard InChI is InChI=1S/C22H24N2O4S/c1-14-19(20(26)24-22(13-25)8-4-9-22)17-11-16(6-7-18(17)29-14)28-12-15-5-3-10-23-21(15)27-2/h3,5-7,10-11,25H,4,8-9,12-13H2,1-2H3,(H,24,26). The van der Waals surface area contributed by atoms with Gasteiger partial charge in [-0.25, -0.2) is 4.98 Å². The van der Waals surface area contributed by atoms with E-state index in [1.165, 1.54) is 0 Å². The van der Waals surface area contributed by atoms with Crippen LogP contribution in [0.5, 0.6) is 11.6 Å². The lowest BCUT2D eigenvalue weighted by Gasteiger charge is -2.41. The molecule has 7 heteroatoms. The number of aliphatic hydroxyl groups is 1. The Labute approximate surface area is 173 Å². The van der Waals surface area contributed by atoms with Gasteiger partial charge in [0.2, 0.25) is 5.88 Å². The van der Waals surface area contributed by atoms with Gasteiger partial charge < -0.3 is 19.9 Å². The first-order valence-corrected chi connectivity index (χ1v) is 10.4. The van der Waals surface area contributed by atoms with Crippen molar-refractivity contribution in [2.24, 2.45) is 0 Å². The van der Waals surface area contributed by atoms with Crippen molar-refractivity contribution in [3.8, 4) is 11.6 Å². The molecule has 1 amide bonds. The van der Waals surface area contributed by atoms with Crippen LogP contribution in [0.3, 0.4) is 0 Å². The Balaban J connectivity index is 1.58. The molecule has 1 saturated carbocycles. The molecule has 1 aliphatic carbocycles. The van der Waals surface area contributed by atoms with E-state index in [0.717, 1.165) is 39.8 Å². The van der Waals surface area contributed by atoms with Crippen LogP contribution >= 0.6 is 11.3 Å².